The van der Waals surface area contributed by atoms with Crippen LogP contribution in [0, 0.1) is 5.92 Å². The number of carbonyl (C=O) groups is 2. The average Bonchev–Trinajstić information content (AvgIpc) is 3.44. The van der Waals surface area contributed by atoms with Gasteiger partial charge in [0.2, 0.25) is 11.8 Å². The van der Waals surface area contributed by atoms with E-state index in [0.29, 0.717) is 5.92 Å². The van der Waals surface area contributed by atoms with E-state index in [2.05, 4.69) is 63.4 Å². The van der Waals surface area contributed by atoms with E-state index >= 15 is 0 Å². The first kappa shape index (κ1) is 26.3. The fourth-order valence-corrected chi connectivity index (χ4v) is 6.53. The van der Waals surface area contributed by atoms with E-state index in [1.54, 1.807) is 0 Å². The molecule has 1 aliphatic heterocycles. The van der Waals surface area contributed by atoms with Gasteiger partial charge in [0.25, 0.3) is 0 Å². The van der Waals surface area contributed by atoms with Gasteiger partial charge >= 0.3 is 0 Å². The molecule has 1 aliphatic carbocycles. The number of hydrogen-bond acceptors (Lipinski definition) is 3. The van der Waals surface area contributed by atoms with E-state index in [1.165, 1.54) is 16.7 Å². The van der Waals surface area contributed by atoms with Gasteiger partial charge in [-0.25, -0.2) is 0 Å². The fraction of sp³-hybridized carbons (Fsp3) is 0.353. The van der Waals surface area contributed by atoms with Crippen molar-refractivity contribution in [2.45, 2.75) is 63.5 Å². The molecule has 4 aromatic rings. The van der Waals surface area contributed by atoms with Gasteiger partial charge < -0.3 is 20.9 Å². The van der Waals surface area contributed by atoms with Crippen molar-refractivity contribution in [2.75, 3.05) is 11.9 Å². The molecule has 4 N–H and O–H groups in total. The summed E-state index contributed by atoms with van der Waals surface area (Å²) < 4.78 is 0. The van der Waals surface area contributed by atoms with E-state index in [4.69, 9.17) is 0 Å². The van der Waals surface area contributed by atoms with Gasteiger partial charge in [-0.3, -0.25) is 9.59 Å². The standard InChI is InChI=1S/C34H38N4O2/c1-22(30-21-36-31-10-6-5-9-29(30)31)32(34(40)37-28-16-15-25-17-18-35-20-27(25)19-28)38-33(39)26-13-11-24(12-14-26)23-7-3-2-4-8-23/h2-10,15-16,19,21-22,24,26,32,35-36H,11-14,17-18,20H2,1H3,(H,37,40)(H,38,39)/t22-,24?,26?,32-/m1/s1. The summed E-state index contributed by atoms with van der Waals surface area (Å²) in [4.78, 5) is 30.8. The molecule has 2 atom stereocenters. The topological polar surface area (TPSA) is 86.0 Å². The number of fused-ring (bicyclic) bond motifs is 2. The molecule has 0 bridgehead atoms. The highest BCUT2D eigenvalue weighted by atomic mass is 16.2. The van der Waals surface area contributed by atoms with Crippen molar-refractivity contribution in [1.82, 2.24) is 15.6 Å². The quantitative estimate of drug-likeness (QED) is 0.234. The Labute approximate surface area is 236 Å². The van der Waals surface area contributed by atoms with Gasteiger partial charge in [-0.15, -0.1) is 0 Å². The van der Waals surface area contributed by atoms with Crippen LogP contribution in [0.4, 0.5) is 5.69 Å². The van der Waals surface area contributed by atoms with E-state index in [1.807, 2.05) is 43.5 Å². The minimum atomic E-state index is -0.701. The molecular weight excluding hydrogens is 496 g/mol. The number of aromatic amines is 1. The van der Waals surface area contributed by atoms with Crippen molar-refractivity contribution in [3.8, 4) is 0 Å². The summed E-state index contributed by atoms with van der Waals surface area (Å²) in [7, 11) is 0. The Morgan fingerprint density at radius 2 is 1.68 bits per heavy atom. The molecule has 1 aromatic heterocycles. The summed E-state index contributed by atoms with van der Waals surface area (Å²) in [5.41, 5.74) is 6.70. The Hall–Kier alpha value is -3.90. The molecule has 0 radical (unpaired) electrons. The summed E-state index contributed by atoms with van der Waals surface area (Å²) >= 11 is 0. The van der Waals surface area contributed by atoms with Gasteiger partial charge in [0.05, 0.1) is 0 Å². The summed E-state index contributed by atoms with van der Waals surface area (Å²) in [5, 5.41) is 10.8. The van der Waals surface area contributed by atoms with Crippen LogP contribution < -0.4 is 16.0 Å². The summed E-state index contributed by atoms with van der Waals surface area (Å²) in [5.74, 6) is -0.0193. The smallest absolute Gasteiger partial charge is 0.247 e. The molecule has 1 saturated carbocycles. The third-order valence-corrected chi connectivity index (χ3v) is 8.92. The number of aromatic nitrogens is 1. The van der Waals surface area contributed by atoms with Gasteiger partial charge in [-0.05, 0) is 85.0 Å². The first-order chi connectivity index (χ1) is 19.6. The Morgan fingerprint density at radius 1 is 0.900 bits per heavy atom. The molecule has 1 fully saturated rings. The number of hydrogen-bond donors (Lipinski definition) is 4. The van der Waals surface area contributed by atoms with Crippen LogP contribution in [0.1, 0.15) is 66.7 Å². The van der Waals surface area contributed by atoms with E-state index in [-0.39, 0.29) is 23.7 Å². The molecule has 3 aromatic carbocycles. The Kier molecular flexibility index (Phi) is 7.69. The summed E-state index contributed by atoms with van der Waals surface area (Å²) in [6.07, 6.45) is 6.60. The van der Waals surface area contributed by atoms with Gasteiger partial charge in [0, 0.05) is 41.2 Å². The number of carbonyl (C=O) groups excluding carboxylic acids is 2. The molecule has 0 unspecified atom stereocenters. The van der Waals surface area contributed by atoms with Crippen molar-refractivity contribution >= 4 is 28.4 Å². The summed E-state index contributed by atoms with van der Waals surface area (Å²) in [6, 6.07) is 24.1. The molecule has 2 aliphatic rings. The number of benzene rings is 3. The van der Waals surface area contributed by atoms with Gasteiger partial charge in [-0.2, -0.15) is 0 Å². The largest absolute Gasteiger partial charge is 0.361 e. The Morgan fingerprint density at radius 3 is 2.50 bits per heavy atom. The second-order valence-electron chi connectivity index (χ2n) is 11.4. The van der Waals surface area contributed by atoms with Crippen molar-refractivity contribution in [3.05, 3.63) is 101 Å². The maximum atomic E-state index is 13.9. The highest BCUT2D eigenvalue weighted by Crippen LogP contribution is 2.36. The lowest BCUT2D eigenvalue weighted by atomic mass is 9.78. The zero-order valence-corrected chi connectivity index (χ0v) is 23.1. The predicted molar refractivity (Wildman–Crippen MR) is 160 cm³/mol. The van der Waals surface area contributed by atoms with Crippen LogP contribution in [0.15, 0.2) is 79.0 Å². The molecular formula is C34H38N4O2. The van der Waals surface area contributed by atoms with E-state index in [9.17, 15) is 9.59 Å². The van der Waals surface area contributed by atoms with Crippen LogP contribution in [0.5, 0.6) is 0 Å². The SMILES string of the molecule is C[C@H](c1c[nH]c2ccccc12)[C@@H](NC(=O)C1CCC(c2ccccc2)CC1)C(=O)Nc1ccc2c(c1)CNCC2. The van der Waals surface area contributed by atoms with Crippen molar-refractivity contribution in [3.63, 3.8) is 0 Å². The first-order valence-electron chi connectivity index (χ1n) is 14.6. The number of amides is 2. The molecule has 6 nitrogen and oxygen atoms in total. The molecule has 6 rings (SSSR count). The number of rotatable bonds is 7. The molecule has 2 heterocycles. The molecule has 0 saturated heterocycles. The Bertz CT molecular complexity index is 1490. The second-order valence-corrected chi connectivity index (χ2v) is 11.4. The highest BCUT2D eigenvalue weighted by Gasteiger charge is 2.34. The van der Waals surface area contributed by atoms with E-state index in [0.717, 1.165) is 67.3 Å². The maximum absolute atomic E-state index is 13.9. The highest BCUT2D eigenvalue weighted by molar-refractivity contribution is 5.99. The molecule has 40 heavy (non-hydrogen) atoms. The van der Waals surface area contributed by atoms with Crippen LogP contribution >= 0.6 is 0 Å². The minimum absolute atomic E-state index is 0.0204. The third-order valence-electron chi connectivity index (χ3n) is 8.92. The van der Waals surface area contributed by atoms with E-state index < -0.39 is 6.04 Å². The first-order valence-corrected chi connectivity index (χ1v) is 14.6. The van der Waals surface area contributed by atoms with Crippen molar-refractivity contribution in [1.29, 1.82) is 0 Å². The van der Waals surface area contributed by atoms with Gasteiger partial charge in [-0.1, -0.05) is 61.5 Å². The average molecular weight is 535 g/mol. The maximum Gasteiger partial charge on any atom is 0.247 e. The number of anilines is 1. The number of para-hydroxylation sites is 1. The van der Waals surface area contributed by atoms with Crippen LogP contribution in [0.25, 0.3) is 10.9 Å². The Balaban J connectivity index is 1.20. The predicted octanol–water partition coefficient (Wildman–Crippen LogP) is 6.01. The summed E-state index contributed by atoms with van der Waals surface area (Å²) in [6.45, 7) is 3.81. The number of nitrogens with one attached hydrogen (secondary N) is 4. The lowest BCUT2D eigenvalue weighted by Gasteiger charge is -2.31. The monoisotopic (exact) mass is 534 g/mol. The molecule has 2 amide bonds. The molecule has 0 spiro atoms. The third kappa shape index (κ3) is 5.54. The van der Waals surface area contributed by atoms with Crippen LogP contribution in [0.3, 0.4) is 0 Å². The minimum Gasteiger partial charge on any atom is -0.361 e. The zero-order valence-electron chi connectivity index (χ0n) is 23.1. The lowest BCUT2D eigenvalue weighted by molar-refractivity contribution is -0.130. The lowest BCUT2D eigenvalue weighted by Crippen LogP contribution is -2.49. The fourth-order valence-electron chi connectivity index (χ4n) is 6.53. The second kappa shape index (κ2) is 11.7. The molecule has 206 valence electrons. The zero-order chi connectivity index (χ0) is 27.5. The normalized spacial score (nSPS) is 20.3. The number of H-pyrrole nitrogens is 1. The van der Waals surface area contributed by atoms with Gasteiger partial charge in [0.1, 0.15) is 6.04 Å². The van der Waals surface area contributed by atoms with Crippen molar-refractivity contribution < 1.29 is 9.59 Å². The van der Waals surface area contributed by atoms with Gasteiger partial charge in [0.15, 0.2) is 0 Å². The van der Waals surface area contributed by atoms with Crippen LogP contribution in [-0.4, -0.2) is 29.4 Å². The molecule has 6 heteroatoms. The van der Waals surface area contributed by atoms with Crippen molar-refractivity contribution in [2.24, 2.45) is 5.92 Å². The van der Waals surface area contributed by atoms with Crippen LogP contribution in [-0.2, 0) is 22.6 Å². The van der Waals surface area contributed by atoms with Crippen LogP contribution in [0.2, 0.25) is 0 Å².